The first kappa shape index (κ1) is 26.6. The molecular formula is C27H32N4O5. The number of carbonyl (C=O) groups is 3. The lowest BCUT2D eigenvalue weighted by molar-refractivity contribution is -0.129. The molecule has 0 saturated heterocycles. The van der Waals surface area contributed by atoms with Crippen molar-refractivity contribution >= 4 is 17.8 Å². The number of carbonyl (C=O) groups excluding carboxylic acids is 3. The largest absolute Gasteiger partial charge is 0.465 e. The molecule has 190 valence electrons. The second-order valence-corrected chi connectivity index (χ2v) is 8.56. The number of aromatic nitrogens is 2. The maximum Gasteiger partial charge on any atom is 0.337 e. The van der Waals surface area contributed by atoms with E-state index in [9.17, 15) is 14.4 Å². The quantitative estimate of drug-likeness (QED) is 0.203. The van der Waals surface area contributed by atoms with Crippen LogP contribution in [0, 0.1) is 0 Å². The van der Waals surface area contributed by atoms with E-state index < -0.39 is 17.9 Å². The maximum atomic E-state index is 13.1. The summed E-state index contributed by atoms with van der Waals surface area (Å²) in [5, 5.41) is 11.9. The molecule has 0 radical (unpaired) electrons. The van der Waals surface area contributed by atoms with Gasteiger partial charge in [0, 0.05) is 31.6 Å². The monoisotopic (exact) mass is 492 g/mol. The number of nitrogens with one attached hydrogen (secondary N) is 2. The first-order chi connectivity index (χ1) is 17.4. The van der Waals surface area contributed by atoms with E-state index in [0.717, 1.165) is 29.8 Å². The fourth-order valence-corrected chi connectivity index (χ4v) is 3.90. The van der Waals surface area contributed by atoms with Crippen molar-refractivity contribution in [2.24, 2.45) is 0 Å². The molecule has 0 aliphatic heterocycles. The fourth-order valence-electron chi connectivity index (χ4n) is 3.90. The van der Waals surface area contributed by atoms with Gasteiger partial charge in [0.25, 0.3) is 5.91 Å². The third-order valence-electron chi connectivity index (χ3n) is 5.79. The van der Waals surface area contributed by atoms with Gasteiger partial charge in [-0.15, -0.1) is 0 Å². The van der Waals surface area contributed by atoms with E-state index in [0.29, 0.717) is 24.9 Å². The number of hydroxylamine groups is 1. The number of aryl methyl sites for hydroxylation is 1. The third kappa shape index (κ3) is 7.51. The van der Waals surface area contributed by atoms with Crippen LogP contribution in [-0.2, 0) is 28.9 Å². The molecule has 3 rings (SSSR count). The zero-order chi connectivity index (χ0) is 25.9. The van der Waals surface area contributed by atoms with Crippen LogP contribution in [-0.4, -0.2) is 45.7 Å². The van der Waals surface area contributed by atoms with E-state index >= 15 is 0 Å². The Labute approximate surface area is 210 Å². The van der Waals surface area contributed by atoms with Crippen LogP contribution in [0.4, 0.5) is 0 Å². The van der Waals surface area contributed by atoms with E-state index in [1.165, 1.54) is 7.11 Å². The highest BCUT2D eigenvalue weighted by molar-refractivity contribution is 5.93. The summed E-state index contributed by atoms with van der Waals surface area (Å²) >= 11 is 0. The molecule has 1 atom stereocenters. The van der Waals surface area contributed by atoms with Gasteiger partial charge in [-0.3, -0.25) is 14.8 Å². The van der Waals surface area contributed by atoms with Gasteiger partial charge in [0.15, 0.2) is 0 Å². The first-order valence-corrected chi connectivity index (χ1v) is 11.9. The summed E-state index contributed by atoms with van der Waals surface area (Å²) in [4.78, 5) is 41.3. The van der Waals surface area contributed by atoms with Gasteiger partial charge in [-0.2, -0.15) is 0 Å². The number of amides is 2. The highest BCUT2D eigenvalue weighted by atomic mass is 16.5. The van der Waals surface area contributed by atoms with E-state index in [2.05, 4.69) is 17.2 Å². The van der Waals surface area contributed by atoms with Gasteiger partial charge in [0.1, 0.15) is 11.5 Å². The zero-order valence-electron chi connectivity index (χ0n) is 20.6. The van der Waals surface area contributed by atoms with Crippen molar-refractivity contribution in [3.8, 4) is 0 Å². The second kappa shape index (κ2) is 13.2. The van der Waals surface area contributed by atoms with Crippen LogP contribution in [0.3, 0.4) is 0 Å². The Morgan fingerprint density at radius 2 is 1.78 bits per heavy atom. The predicted octanol–water partition coefficient (Wildman–Crippen LogP) is 3.30. The molecule has 0 saturated carbocycles. The summed E-state index contributed by atoms with van der Waals surface area (Å²) in [6.07, 6.45) is 4.68. The van der Waals surface area contributed by atoms with Crippen molar-refractivity contribution in [3.05, 3.63) is 89.0 Å². The average Bonchev–Trinajstić information content (AvgIpc) is 3.30. The number of esters is 1. The van der Waals surface area contributed by atoms with Crippen LogP contribution in [0.1, 0.15) is 64.0 Å². The number of nitrogens with zero attached hydrogens (tertiary/aromatic N) is 2. The first-order valence-electron chi connectivity index (χ1n) is 11.9. The van der Waals surface area contributed by atoms with Crippen LogP contribution < -0.4 is 10.8 Å². The van der Waals surface area contributed by atoms with Crippen LogP contribution >= 0.6 is 0 Å². The summed E-state index contributed by atoms with van der Waals surface area (Å²) in [7, 11) is 1.34. The zero-order valence-corrected chi connectivity index (χ0v) is 20.6. The predicted molar refractivity (Wildman–Crippen MR) is 134 cm³/mol. The van der Waals surface area contributed by atoms with E-state index in [1.54, 1.807) is 23.8 Å². The highest BCUT2D eigenvalue weighted by Crippen LogP contribution is 2.14. The molecule has 3 aromatic rings. The van der Waals surface area contributed by atoms with Gasteiger partial charge >= 0.3 is 5.97 Å². The molecule has 0 fully saturated rings. The smallest absolute Gasteiger partial charge is 0.337 e. The molecule has 0 bridgehead atoms. The molecule has 0 aliphatic rings. The minimum Gasteiger partial charge on any atom is -0.465 e. The van der Waals surface area contributed by atoms with Gasteiger partial charge in [0.2, 0.25) is 5.91 Å². The summed E-state index contributed by atoms with van der Waals surface area (Å²) < 4.78 is 6.69. The maximum absolute atomic E-state index is 13.1. The Kier molecular flexibility index (Phi) is 9.76. The lowest BCUT2D eigenvalue weighted by Crippen LogP contribution is -2.40. The van der Waals surface area contributed by atoms with Gasteiger partial charge in [0.05, 0.1) is 12.7 Å². The van der Waals surface area contributed by atoms with Crippen molar-refractivity contribution in [1.29, 1.82) is 0 Å². The molecule has 9 heteroatoms. The second-order valence-electron chi connectivity index (χ2n) is 8.56. The molecule has 0 spiro atoms. The fraction of sp³-hybridized carbons (Fsp3) is 0.333. The number of methoxy groups -OCH3 is 1. The lowest BCUT2D eigenvalue weighted by Gasteiger charge is -2.17. The summed E-state index contributed by atoms with van der Waals surface area (Å²) in [5.74, 6) is -0.585. The molecule has 9 nitrogen and oxygen atoms in total. The Bertz CT molecular complexity index is 1160. The molecule has 36 heavy (non-hydrogen) atoms. The van der Waals surface area contributed by atoms with Crippen molar-refractivity contribution < 1.29 is 24.3 Å². The average molecular weight is 493 g/mol. The molecule has 1 heterocycles. The number of ether oxygens (including phenoxy) is 1. The molecule has 3 N–H and O–H groups in total. The SMILES string of the molecule is CCCCc1nc(C(=O)NC(CC(=O)NO)Cc2ccccc2)cn1Cc1ccc(C(=O)OC)cc1. The van der Waals surface area contributed by atoms with Gasteiger partial charge in [-0.1, -0.05) is 55.8 Å². The highest BCUT2D eigenvalue weighted by Gasteiger charge is 2.21. The summed E-state index contributed by atoms with van der Waals surface area (Å²) in [5.41, 5.74) is 4.27. The molecule has 0 aliphatic carbocycles. The topological polar surface area (TPSA) is 123 Å². The molecule has 2 amide bonds. The van der Waals surface area contributed by atoms with Crippen LogP contribution in [0.5, 0.6) is 0 Å². The summed E-state index contributed by atoms with van der Waals surface area (Å²) in [6, 6.07) is 16.1. The number of hydrogen-bond acceptors (Lipinski definition) is 6. The van der Waals surface area contributed by atoms with Crippen LogP contribution in [0.15, 0.2) is 60.8 Å². The van der Waals surface area contributed by atoms with Crippen LogP contribution in [0.25, 0.3) is 0 Å². The molecule has 2 aromatic carbocycles. The minimum atomic E-state index is -0.583. The number of benzene rings is 2. The van der Waals surface area contributed by atoms with Crippen molar-refractivity contribution in [2.75, 3.05) is 7.11 Å². The Balaban J connectivity index is 1.78. The number of imidazole rings is 1. The van der Waals surface area contributed by atoms with Crippen molar-refractivity contribution in [3.63, 3.8) is 0 Å². The minimum absolute atomic E-state index is 0.0763. The van der Waals surface area contributed by atoms with E-state index in [4.69, 9.17) is 9.94 Å². The van der Waals surface area contributed by atoms with E-state index in [1.807, 2.05) is 47.0 Å². The Morgan fingerprint density at radius 1 is 1.06 bits per heavy atom. The molecular weight excluding hydrogens is 460 g/mol. The van der Waals surface area contributed by atoms with Gasteiger partial charge in [-0.05, 0) is 36.1 Å². The number of hydrogen-bond donors (Lipinski definition) is 3. The van der Waals surface area contributed by atoms with Gasteiger partial charge < -0.3 is 14.6 Å². The number of unbranched alkanes of at least 4 members (excludes halogenated alkanes) is 1. The molecule has 1 unspecified atom stereocenters. The third-order valence-corrected chi connectivity index (χ3v) is 5.79. The van der Waals surface area contributed by atoms with Crippen LogP contribution in [0.2, 0.25) is 0 Å². The molecule has 1 aromatic heterocycles. The Morgan fingerprint density at radius 3 is 2.42 bits per heavy atom. The normalized spacial score (nSPS) is 11.5. The summed E-state index contributed by atoms with van der Waals surface area (Å²) in [6.45, 7) is 2.58. The lowest BCUT2D eigenvalue weighted by atomic mass is 10.0. The van der Waals surface area contributed by atoms with Crippen molar-refractivity contribution in [1.82, 2.24) is 20.3 Å². The van der Waals surface area contributed by atoms with Crippen molar-refractivity contribution in [2.45, 2.75) is 51.6 Å². The van der Waals surface area contributed by atoms with E-state index in [-0.39, 0.29) is 18.0 Å². The standard InChI is InChI=1S/C27H32N4O5/c1-3-4-10-24-29-23(18-31(24)17-20-11-13-21(14-12-20)27(34)36-2)26(33)28-22(16-25(32)30-35)15-19-8-6-5-7-9-19/h5-9,11-14,18,22,35H,3-4,10,15-17H2,1-2H3,(H,28,33)(H,30,32). The Hall–Kier alpha value is -3.98. The van der Waals surface area contributed by atoms with Gasteiger partial charge in [-0.25, -0.2) is 15.3 Å². The number of rotatable bonds is 12.